The topological polar surface area (TPSA) is 35.2 Å². The van der Waals surface area contributed by atoms with E-state index in [-0.39, 0.29) is 0 Å². The summed E-state index contributed by atoms with van der Waals surface area (Å²) in [5.41, 5.74) is 7.86. The Morgan fingerprint density at radius 2 is 2.12 bits per heavy atom. The molecule has 0 bridgehead atoms. The summed E-state index contributed by atoms with van der Waals surface area (Å²) in [4.78, 5) is 0. The summed E-state index contributed by atoms with van der Waals surface area (Å²) < 4.78 is 7.11. The molecule has 0 amide bonds. The molecule has 3 heteroatoms. The van der Waals surface area contributed by atoms with Crippen molar-refractivity contribution in [3.63, 3.8) is 0 Å². The maximum atomic E-state index is 6.10. The van der Waals surface area contributed by atoms with Gasteiger partial charge in [0.05, 0.1) is 11.8 Å². The van der Waals surface area contributed by atoms with Gasteiger partial charge >= 0.3 is 0 Å². The van der Waals surface area contributed by atoms with E-state index in [1.165, 1.54) is 12.8 Å². The monoisotopic (exact) mass is 297 g/mol. The molecule has 0 aliphatic heterocycles. The number of hydrogen-bond donors (Lipinski definition) is 1. The Kier molecular flexibility index (Phi) is 3.97. The molecular formula is C14H20BrNO. The summed E-state index contributed by atoms with van der Waals surface area (Å²) in [6.07, 6.45) is 5.23. The number of hydrogen-bond acceptors (Lipinski definition) is 2. The van der Waals surface area contributed by atoms with Crippen LogP contribution < -0.4 is 10.5 Å². The van der Waals surface area contributed by atoms with Gasteiger partial charge in [-0.2, -0.15) is 0 Å². The highest BCUT2D eigenvalue weighted by molar-refractivity contribution is 9.10. The largest absolute Gasteiger partial charge is 0.488 e. The second-order valence-electron chi connectivity index (χ2n) is 5.15. The number of halogens is 1. The molecule has 2 rings (SSSR count). The number of anilines is 1. The van der Waals surface area contributed by atoms with Crippen molar-refractivity contribution < 1.29 is 4.74 Å². The van der Waals surface area contributed by atoms with E-state index >= 15 is 0 Å². The van der Waals surface area contributed by atoms with E-state index in [4.69, 9.17) is 10.5 Å². The van der Waals surface area contributed by atoms with Gasteiger partial charge in [0.1, 0.15) is 5.75 Å². The molecule has 1 aliphatic rings. The van der Waals surface area contributed by atoms with E-state index in [0.717, 1.165) is 40.2 Å². The minimum Gasteiger partial charge on any atom is -0.488 e. The van der Waals surface area contributed by atoms with Crippen LogP contribution in [-0.4, -0.2) is 6.10 Å². The minimum absolute atomic E-state index is 0.334. The first-order chi connectivity index (χ1) is 8.06. The van der Waals surface area contributed by atoms with Crippen molar-refractivity contribution in [2.75, 3.05) is 5.73 Å². The van der Waals surface area contributed by atoms with Crippen molar-refractivity contribution in [2.24, 2.45) is 5.92 Å². The van der Waals surface area contributed by atoms with Crippen LogP contribution in [0.15, 0.2) is 16.6 Å². The SMILES string of the molecule is Cc1cc(Br)cc(N)c1OC1CCCC(C)C1. The van der Waals surface area contributed by atoms with Gasteiger partial charge in [0.15, 0.2) is 0 Å². The molecule has 17 heavy (non-hydrogen) atoms. The molecule has 2 nitrogen and oxygen atoms in total. The maximum Gasteiger partial charge on any atom is 0.145 e. The van der Waals surface area contributed by atoms with Crippen LogP contribution in [0.3, 0.4) is 0 Å². The fourth-order valence-electron chi connectivity index (χ4n) is 2.57. The van der Waals surface area contributed by atoms with Crippen LogP contribution >= 0.6 is 15.9 Å². The molecule has 1 aliphatic carbocycles. The van der Waals surface area contributed by atoms with E-state index in [0.29, 0.717) is 6.10 Å². The highest BCUT2D eigenvalue weighted by Gasteiger charge is 2.21. The number of rotatable bonds is 2. The predicted molar refractivity (Wildman–Crippen MR) is 75.3 cm³/mol. The van der Waals surface area contributed by atoms with Gasteiger partial charge in [-0.3, -0.25) is 0 Å². The van der Waals surface area contributed by atoms with Crippen molar-refractivity contribution in [3.8, 4) is 5.75 Å². The molecule has 1 aromatic carbocycles. The Balaban J connectivity index is 2.12. The van der Waals surface area contributed by atoms with Crippen LogP contribution in [0.25, 0.3) is 0 Å². The summed E-state index contributed by atoms with van der Waals surface area (Å²) in [5, 5.41) is 0. The van der Waals surface area contributed by atoms with E-state index in [9.17, 15) is 0 Å². The van der Waals surface area contributed by atoms with Gasteiger partial charge in [-0.1, -0.05) is 29.3 Å². The Morgan fingerprint density at radius 1 is 1.35 bits per heavy atom. The third-order valence-electron chi connectivity index (χ3n) is 3.44. The summed E-state index contributed by atoms with van der Waals surface area (Å²) in [7, 11) is 0. The number of nitrogen functional groups attached to an aromatic ring is 1. The number of ether oxygens (including phenoxy) is 1. The summed E-state index contributed by atoms with van der Waals surface area (Å²) in [6, 6.07) is 3.96. The van der Waals surface area contributed by atoms with E-state index in [2.05, 4.69) is 28.9 Å². The normalized spacial score (nSPS) is 24.6. The Bertz CT molecular complexity index is 382. The van der Waals surface area contributed by atoms with Gasteiger partial charge in [0.2, 0.25) is 0 Å². The summed E-state index contributed by atoms with van der Waals surface area (Å²) in [5.74, 6) is 1.64. The van der Waals surface area contributed by atoms with Crippen molar-refractivity contribution >= 4 is 21.6 Å². The number of aryl methyl sites for hydroxylation is 1. The lowest BCUT2D eigenvalue weighted by Gasteiger charge is -2.28. The molecule has 2 atom stereocenters. The highest BCUT2D eigenvalue weighted by atomic mass is 79.9. The molecule has 2 N–H and O–H groups in total. The van der Waals surface area contributed by atoms with Crippen molar-refractivity contribution in [3.05, 3.63) is 22.2 Å². The van der Waals surface area contributed by atoms with Gasteiger partial charge < -0.3 is 10.5 Å². The summed E-state index contributed by atoms with van der Waals surface area (Å²) >= 11 is 3.45. The summed E-state index contributed by atoms with van der Waals surface area (Å²) in [6.45, 7) is 4.34. The average Bonchev–Trinajstić information content (AvgIpc) is 2.23. The second kappa shape index (κ2) is 5.30. The lowest BCUT2D eigenvalue weighted by Crippen LogP contribution is -2.24. The predicted octanol–water partition coefficient (Wildman–Crippen LogP) is 4.30. The number of benzene rings is 1. The van der Waals surface area contributed by atoms with Crippen molar-refractivity contribution in [1.82, 2.24) is 0 Å². The molecular weight excluding hydrogens is 278 g/mol. The van der Waals surface area contributed by atoms with Crippen molar-refractivity contribution in [2.45, 2.75) is 45.6 Å². The molecule has 0 spiro atoms. The maximum absolute atomic E-state index is 6.10. The van der Waals surface area contributed by atoms with Crippen LogP contribution in [0.4, 0.5) is 5.69 Å². The quantitative estimate of drug-likeness (QED) is 0.826. The molecule has 1 fully saturated rings. The minimum atomic E-state index is 0.334. The Hall–Kier alpha value is -0.700. The van der Waals surface area contributed by atoms with Crippen LogP contribution in [-0.2, 0) is 0 Å². The third-order valence-corrected chi connectivity index (χ3v) is 3.90. The van der Waals surface area contributed by atoms with Gasteiger partial charge in [0.25, 0.3) is 0 Å². The first-order valence-corrected chi connectivity index (χ1v) is 7.08. The second-order valence-corrected chi connectivity index (χ2v) is 6.07. The zero-order chi connectivity index (χ0) is 12.4. The molecule has 1 aromatic rings. The lowest BCUT2D eigenvalue weighted by atomic mass is 9.88. The molecule has 0 heterocycles. The molecule has 2 unspecified atom stereocenters. The van der Waals surface area contributed by atoms with Gasteiger partial charge in [-0.05, 0) is 49.8 Å². The Labute approximate surface area is 112 Å². The zero-order valence-electron chi connectivity index (χ0n) is 10.5. The van der Waals surface area contributed by atoms with Gasteiger partial charge in [-0.25, -0.2) is 0 Å². The fraction of sp³-hybridized carbons (Fsp3) is 0.571. The third kappa shape index (κ3) is 3.15. The molecule has 0 saturated heterocycles. The number of nitrogens with two attached hydrogens (primary N) is 1. The smallest absolute Gasteiger partial charge is 0.145 e. The van der Waals surface area contributed by atoms with Crippen LogP contribution in [0.5, 0.6) is 5.75 Å². The van der Waals surface area contributed by atoms with Crippen molar-refractivity contribution in [1.29, 1.82) is 0 Å². The standard InChI is InChI=1S/C14H20BrNO/c1-9-4-3-5-12(6-9)17-14-10(2)7-11(15)8-13(14)16/h7-9,12H,3-6,16H2,1-2H3. The fourth-order valence-corrected chi connectivity index (χ4v) is 3.16. The van der Waals surface area contributed by atoms with Crippen LogP contribution in [0.2, 0.25) is 0 Å². The lowest BCUT2D eigenvalue weighted by molar-refractivity contribution is 0.129. The van der Waals surface area contributed by atoms with E-state index in [1.54, 1.807) is 0 Å². The van der Waals surface area contributed by atoms with Gasteiger partial charge in [-0.15, -0.1) is 0 Å². The van der Waals surface area contributed by atoms with E-state index < -0.39 is 0 Å². The molecule has 94 valence electrons. The average molecular weight is 298 g/mol. The highest BCUT2D eigenvalue weighted by Crippen LogP contribution is 2.34. The van der Waals surface area contributed by atoms with Crippen LogP contribution in [0, 0.1) is 12.8 Å². The first kappa shape index (κ1) is 12.7. The zero-order valence-corrected chi connectivity index (χ0v) is 12.1. The van der Waals surface area contributed by atoms with E-state index in [1.807, 2.05) is 13.0 Å². The first-order valence-electron chi connectivity index (χ1n) is 6.28. The molecule has 1 saturated carbocycles. The Morgan fingerprint density at radius 3 is 2.76 bits per heavy atom. The van der Waals surface area contributed by atoms with Gasteiger partial charge in [0, 0.05) is 4.47 Å². The molecule has 0 radical (unpaired) electrons. The molecule has 0 aromatic heterocycles. The van der Waals surface area contributed by atoms with Crippen LogP contribution in [0.1, 0.15) is 38.2 Å².